The second kappa shape index (κ2) is 6.99. The number of hydrogen-bond donors (Lipinski definition) is 2. The van der Waals surface area contributed by atoms with Gasteiger partial charge < -0.3 is 10.0 Å². The summed E-state index contributed by atoms with van der Waals surface area (Å²) in [6.45, 7) is 2.85. The van der Waals surface area contributed by atoms with Crippen LogP contribution >= 0.6 is 0 Å². The van der Waals surface area contributed by atoms with E-state index in [0.29, 0.717) is 0 Å². The van der Waals surface area contributed by atoms with Crippen molar-refractivity contribution in [3.63, 3.8) is 0 Å². The fraction of sp³-hybridized carbons (Fsp3) is 0.727. The predicted octanol–water partition coefficient (Wildman–Crippen LogP) is -0.506. The molecular weight excluding hydrogens is 268 g/mol. The second-order valence-electron chi connectivity index (χ2n) is 4.78. The molecule has 0 aromatic carbocycles. The van der Waals surface area contributed by atoms with Crippen LogP contribution in [0.5, 0.6) is 0 Å². The molecule has 2 N–H and O–H groups in total. The number of aliphatic hydroxyl groups excluding tert-OH is 1. The smallest absolute Gasteiger partial charge is 0.243 e. The van der Waals surface area contributed by atoms with Crippen molar-refractivity contribution < 1.29 is 13.5 Å². The van der Waals surface area contributed by atoms with Crippen LogP contribution in [0.1, 0.15) is 13.3 Å². The molecular formula is C11H22N4O3S. The summed E-state index contributed by atoms with van der Waals surface area (Å²) in [6, 6.07) is -0.145. The summed E-state index contributed by atoms with van der Waals surface area (Å²) < 4.78 is 28.1. The average molecular weight is 290 g/mol. The highest BCUT2D eigenvalue weighted by molar-refractivity contribution is 7.89. The monoisotopic (exact) mass is 290 g/mol. The molecule has 19 heavy (non-hydrogen) atoms. The molecule has 1 rings (SSSR count). The van der Waals surface area contributed by atoms with Crippen molar-refractivity contribution in [1.29, 1.82) is 0 Å². The molecule has 0 fully saturated rings. The maximum absolute atomic E-state index is 12.1. The van der Waals surface area contributed by atoms with Crippen molar-refractivity contribution in [1.82, 2.24) is 19.4 Å². The maximum Gasteiger partial charge on any atom is 0.243 e. The molecule has 7 nitrogen and oxygen atoms in total. The molecule has 0 amide bonds. The van der Waals surface area contributed by atoms with Gasteiger partial charge in [-0.15, -0.1) is 0 Å². The highest BCUT2D eigenvalue weighted by Crippen LogP contribution is 2.08. The van der Waals surface area contributed by atoms with Gasteiger partial charge in [-0.25, -0.2) is 13.1 Å². The van der Waals surface area contributed by atoms with E-state index in [2.05, 4.69) is 9.82 Å². The van der Waals surface area contributed by atoms with Crippen LogP contribution in [-0.4, -0.2) is 61.5 Å². The minimum atomic E-state index is -3.54. The van der Waals surface area contributed by atoms with Gasteiger partial charge in [-0.3, -0.25) is 4.68 Å². The molecule has 110 valence electrons. The zero-order chi connectivity index (χ0) is 14.5. The number of hydrogen-bond acceptors (Lipinski definition) is 5. The van der Waals surface area contributed by atoms with Crippen LogP contribution in [0, 0.1) is 0 Å². The maximum atomic E-state index is 12.1. The zero-order valence-electron chi connectivity index (χ0n) is 11.6. The van der Waals surface area contributed by atoms with Gasteiger partial charge in [-0.05, 0) is 34.0 Å². The summed E-state index contributed by atoms with van der Waals surface area (Å²) >= 11 is 0. The van der Waals surface area contributed by atoms with E-state index in [1.54, 1.807) is 0 Å². The largest absolute Gasteiger partial charge is 0.394 e. The number of rotatable bonds is 8. The Morgan fingerprint density at radius 2 is 2.21 bits per heavy atom. The van der Waals surface area contributed by atoms with Crippen molar-refractivity contribution in [3.05, 3.63) is 12.4 Å². The van der Waals surface area contributed by atoms with Crippen molar-refractivity contribution >= 4 is 10.0 Å². The summed E-state index contributed by atoms with van der Waals surface area (Å²) in [5.74, 6) is 0. The first-order valence-corrected chi connectivity index (χ1v) is 7.64. The number of aliphatic hydroxyl groups is 1. The topological polar surface area (TPSA) is 87.5 Å². The molecule has 0 aliphatic carbocycles. The van der Waals surface area contributed by atoms with Gasteiger partial charge in [-0.2, -0.15) is 5.10 Å². The first-order chi connectivity index (χ1) is 8.85. The number of sulfonamides is 1. The SMILES string of the molecule is CC(CCN(C)C)NS(=O)(=O)c1cnn(CCO)c1. The van der Waals surface area contributed by atoms with Crippen LogP contribution in [0.4, 0.5) is 0 Å². The minimum Gasteiger partial charge on any atom is -0.394 e. The van der Waals surface area contributed by atoms with Gasteiger partial charge in [0.2, 0.25) is 10.0 Å². The summed E-state index contributed by atoms with van der Waals surface area (Å²) in [6.07, 6.45) is 3.44. The van der Waals surface area contributed by atoms with E-state index < -0.39 is 10.0 Å². The molecule has 1 aromatic rings. The Morgan fingerprint density at radius 3 is 2.79 bits per heavy atom. The number of nitrogens with zero attached hydrogens (tertiary/aromatic N) is 3. The Hall–Kier alpha value is -0.960. The molecule has 0 aliphatic rings. The highest BCUT2D eigenvalue weighted by atomic mass is 32.2. The van der Waals surface area contributed by atoms with Crippen molar-refractivity contribution in [2.75, 3.05) is 27.2 Å². The van der Waals surface area contributed by atoms with Gasteiger partial charge in [0, 0.05) is 12.2 Å². The molecule has 1 atom stereocenters. The van der Waals surface area contributed by atoms with Crippen LogP contribution in [-0.2, 0) is 16.6 Å². The Kier molecular flexibility index (Phi) is 5.92. The molecule has 0 saturated carbocycles. The molecule has 1 aromatic heterocycles. The minimum absolute atomic E-state index is 0.0756. The van der Waals surface area contributed by atoms with Gasteiger partial charge in [0.25, 0.3) is 0 Å². The standard InChI is InChI=1S/C11H22N4O3S/c1-10(4-5-14(2)3)13-19(17,18)11-8-12-15(9-11)6-7-16/h8-10,13,16H,4-7H2,1-3H3. The average Bonchev–Trinajstić information content (AvgIpc) is 2.76. The third kappa shape index (κ3) is 5.27. The van der Waals surface area contributed by atoms with Gasteiger partial charge in [0.1, 0.15) is 4.90 Å². The lowest BCUT2D eigenvalue weighted by molar-refractivity contribution is 0.269. The van der Waals surface area contributed by atoms with Crippen molar-refractivity contribution in [2.24, 2.45) is 0 Å². The number of nitrogens with one attached hydrogen (secondary N) is 1. The van der Waals surface area contributed by atoms with E-state index in [0.717, 1.165) is 13.0 Å². The first-order valence-electron chi connectivity index (χ1n) is 6.15. The summed E-state index contributed by atoms with van der Waals surface area (Å²) in [5, 5.41) is 12.7. The van der Waals surface area contributed by atoms with E-state index in [4.69, 9.17) is 5.11 Å². The van der Waals surface area contributed by atoms with Crippen LogP contribution in [0.2, 0.25) is 0 Å². The van der Waals surface area contributed by atoms with Gasteiger partial charge >= 0.3 is 0 Å². The third-order valence-corrected chi connectivity index (χ3v) is 4.16. The van der Waals surface area contributed by atoms with E-state index >= 15 is 0 Å². The second-order valence-corrected chi connectivity index (χ2v) is 6.49. The lowest BCUT2D eigenvalue weighted by atomic mass is 10.2. The van der Waals surface area contributed by atoms with E-state index in [9.17, 15) is 8.42 Å². The molecule has 1 heterocycles. The van der Waals surface area contributed by atoms with Gasteiger partial charge in [0.05, 0.1) is 19.3 Å². The van der Waals surface area contributed by atoms with Crippen LogP contribution in [0.25, 0.3) is 0 Å². The highest BCUT2D eigenvalue weighted by Gasteiger charge is 2.19. The fourth-order valence-electron chi connectivity index (χ4n) is 1.55. The molecule has 8 heteroatoms. The molecule has 1 unspecified atom stereocenters. The predicted molar refractivity (Wildman–Crippen MR) is 72.3 cm³/mol. The Bertz CT molecular complexity index is 484. The Morgan fingerprint density at radius 1 is 1.53 bits per heavy atom. The van der Waals surface area contributed by atoms with Gasteiger partial charge in [-0.1, -0.05) is 0 Å². The Balaban J connectivity index is 2.64. The lowest BCUT2D eigenvalue weighted by Crippen LogP contribution is -2.34. The number of aromatic nitrogens is 2. The lowest BCUT2D eigenvalue weighted by Gasteiger charge is -2.16. The zero-order valence-corrected chi connectivity index (χ0v) is 12.4. The third-order valence-electron chi connectivity index (χ3n) is 2.61. The van der Waals surface area contributed by atoms with Crippen molar-refractivity contribution in [3.8, 4) is 0 Å². The normalized spacial score (nSPS) is 13.9. The van der Waals surface area contributed by atoms with E-state index in [1.165, 1.54) is 17.1 Å². The van der Waals surface area contributed by atoms with Crippen LogP contribution in [0.3, 0.4) is 0 Å². The van der Waals surface area contributed by atoms with Crippen LogP contribution < -0.4 is 4.72 Å². The van der Waals surface area contributed by atoms with Gasteiger partial charge in [0.15, 0.2) is 0 Å². The van der Waals surface area contributed by atoms with E-state index in [-0.39, 0.29) is 24.1 Å². The summed E-state index contributed by atoms with van der Waals surface area (Å²) in [5.41, 5.74) is 0. The fourth-order valence-corrected chi connectivity index (χ4v) is 2.78. The summed E-state index contributed by atoms with van der Waals surface area (Å²) in [7, 11) is 0.351. The first kappa shape index (κ1) is 16.1. The molecule has 0 saturated heterocycles. The molecule has 0 bridgehead atoms. The Labute approximate surface area is 114 Å². The summed E-state index contributed by atoms with van der Waals surface area (Å²) in [4.78, 5) is 2.13. The quantitative estimate of drug-likeness (QED) is 0.673. The van der Waals surface area contributed by atoms with Crippen LogP contribution in [0.15, 0.2) is 17.3 Å². The molecule has 0 spiro atoms. The molecule has 0 radical (unpaired) electrons. The molecule has 0 aliphatic heterocycles. The van der Waals surface area contributed by atoms with Crippen molar-refractivity contribution in [2.45, 2.75) is 30.8 Å². The van der Waals surface area contributed by atoms with E-state index in [1.807, 2.05) is 25.9 Å².